The van der Waals surface area contributed by atoms with E-state index >= 15 is 0 Å². The lowest BCUT2D eigenvalue weighted by atomic mass is 9.46. The van der Waals surface area contributed by atoms with Crippen molar-refractivity contribution in [2.24, 2.45) is 45.8 Å². The van der Waals surface area contributed by atoms with Gasteiger partial charge in [0.2, 0.25) is 0 Å². The van der Waals surface area contributed by atoms with E-state index in [1.54, 1.807) is 48.5 Å². The van der Waals surface area contributed by atoms with Crippen molar-refractivity contribution in [2.75, 3.05) is 6.61 Å². The normalized spacial score (nSPS) is 23.8. The van der Waals surface area contributed by atoms with E-state index in [9.17, 15) is 81.0 Å². The summed E-state index contributed by atoms with van der Waals surface area (Å²) in [5, 5.41) is 8.68. The van der Waals surface area contributed by atoms with Gasteiger partial charge in [-0.1, -0.05) is 149 Å². The van der Waals surface area contributed by atoms with Gasteiger partial charge >= 0.3 is 40.6 Å². The molecule has 8 bridgehead atoms. The number of alkyl halides is 7. The van der Waals surface area contributed by atoms with Crippen LogP contribution in [0.25, 0.3) is 0 Å². The third-order valence-electron chi connectivity index (χ3n) is 26.1. The number of benzene rings is 5. The maximum Gasteiger partial charge on any atom is 0.428 e. The van der Waals surface area contributed by atoms with Crippen molar-refractivity contribution in [3.63, 3.8) is 0 Å². The molecule has 0 saturated heterocycles. The largest absolute Gasteiger partial charge is 0.743 e. The number of hydrogen-bond acceptors (Lipinski definition) is 17. The molecule has 2 N–H and O–H groups in total. The monoisotopic (exact) mass is 1730 g/mol. The zero-order chi connectivity index (χ0) is 90.5. The SMILES string of the molecule is CCC(C)(C)C(=O)OC(C)(C)C12CC3CC(CC(C3)C1)C2.CCC(C)c1ccc(C(=O)OC(C)C(F)(F)S(=O)(=O)[O-])cc1.CCC(C)c1ccc(C(=O)OC23CC4CC(CC(COC(=O)C(F)(F)S(=O)(=O)[O-])(C4)C2)C3)cc1.CCC(C)c1ccc(C(C)(O)C(F)(F)F)cc1.CCC(C)c1ccc(O)cc1.CCC(C)c1ccc(OC(C)(C)C)cc1. The topological polar surface area (TPSA) is 269 Å². The van der Waals surface area contributed by atoms with Crippen molar-refractivity contribution in [1.82, 2.24) is 0 Å². The fourth-order valence-electron chi connectivity index (χ4n) is 17.7. The Hall–Kier alpha value is -7.13. The number of carbonyl (C=O) groups excluding carboxylic acids is 4. The molecule has 5 aromatic rings. The first-order valence-electron chi connectivity index (χ1n) is 42.5. The van der Waals surface area contributed by atoms with Crippen LogP contribution in [0, 0.1) is 45.8 Å². The third-order valence-corrected chi connectivity index (χ3v) is 27.9. The molecular formula is C94H131F7O17S2-2. The lowest BCUT2D eigenvalue weighted by Crippen LogP contribution is -2.59. The van der Waals surface area contributed by atoms with Crippen molar-refractivity contribution in [3.05, 3.63) is 166 Å². The summed E-state index contributed by atoms with van der Waals surface area (Å²) in [6.45, 7) is 38.7. The predicted octanol–water partition coefficient (Wildman–Crippen LogP) is 23.5. The first-order chi connectivity index (χ1) is 55.3. The summed E-state index contributed by atoms with van der Waals surface area (Å²) >= 11 is 0. The highest BCUT2D eigenvalue weighted by atomic mass is 32.2. The Morgan fingerprint density at radius 3 is 1.19 bits per heavy atom. The Bertz CT molecular complexity index is 4340. The molecule has 5 aromatic carbocycles. The molecule has 0 heterocycles. The van der Waals surface area contributed by atoms with Crippen LogP contribution in [0.3, 0.4) is 0 Å². The van der Waals surface area contributed by atoms with Crippen molar-refractivity contribution >= 4 is 44.1 Å². The number of hydrogen-bond donors (Lipinski definition) is 2. The molecule has 8 saturated carbocycles. The summed E-state index contributed by atoms with van der Waals surface area (Å²) < 4.78 is 182. The molecule has 120 heavy (non-hydrogen) atoms. The number of esters is 4. The Labute approximate surface area is 708 Å². The predicted molar refractivity (Wildman–Crippen MR) is 449 cm³/mol. The van der Waals surface area contributed by atoms with Gasteiger partial charge in [0.05, 0.1) is 23.1 Å². The molecule has 0 spiro atoms. The number of phenols is 1. The van der Waals surface area contributed by atoms with Crippen LogP contribution < -0.4 is 4.74 Å². The van der Waals surface area contributed by atoms with Crippen molar-refractivity contribution < 1.29 is 110 Å². The Morgan fingerprint density at radius 2 is 0.842 bits per heavy atom. The van der Waals surface area contributed by atoms with Gasteiger partial charge in [-0.3, -0.25) is 4.79 Å². The Balaban J connectivity index is 0.000000231. The highest BCUT2D eigenvalue weighted by Gasteiger charge is 2.62. The first-order valence-corrected chi connectivity index (χ1v) is 45.3. The van der Waals surface area contributed by atoms with Crippen LogP contribution in [-0.4, -0.2) is 106 Å². The molecule has 0 amide bonds. The van der Waals surface area contributed by atoms with E-state index in [0.717, 1.165) is 85.6 Å². The number of aliphatic hydroxyl groups is 1. The molecule has 13 rings (SSSR count). The lowest BCUT2D eigenvalue weighted by molar-refractivity contribution is -0.258. The van der Waals surface area contributed by atoms with E-state index in [1.165, 1.54) is 80.3 Å². The fraction of sp³-hybridized carbons (Fsp3) is 0.638. The van der Waals surface area contributed by atoms with E-state index in [0.29, 0.717) is 74.0 Å². The van der Waals surface area contributed by atoms with Gasteiger partial charge in [-0.25, -0.2) is 31.2 Å². The number of halogens is 7. The van der Waals surface area contributed by atoms with Gasteiger partial charge in [0.25, 0.3) is 0 Å². The number of carbonyl (C=O) groups is 4. The molecule has 17 nitrogen and oxygen atoms in total. The van der Waals surface area contributed by atoms with E-state index in [2.05, 4.69) is 112 Å². The first kappa shape index (κ1) is 102. The molecule has 9 atom stereocenters. The number of rotatable bonds is 26. The number of phenolic OH excluding ortho intramolecular Hbond substituents is 1. The second kappa shape index (κ2) is 40.7. The van der Waals surface area contributed by atoms with E-state index in [-0.39, 0.29) is 56.9 Å². The number of ether oxygens (including phenoxy) is 5. The van der Waals surface area contributed by atoms with Gasteiger partial charge in [-0.15, -0.1) is 0 Å². The third kappa shape index (κ3) is 26.2. The molecule has 0 aromatic heterocycles. The minimum Gasteiger partial charge on any atom is -0.743 e. The smallest absolute Gasteiger partial charge is 0.428 e. The summed E-state index contributed by atoms with van der Waals surface area (Å²) in [7, 11) is -12.1. The minimum atomic E-state index is -6.18. The second-order valence-corrected chi connectivity index (χ2v) is 40.2. The standard InChI is InChI=1S/C24H30F2O7S.C19H32O2.C14H18F2O5S.C14H22O.C13H17F3O.C10H14O/c1-3-15(2)18-4-6-19(7-5-18)20(27)33-23-11-16-8-17(12-23)10-22(9-16,13-23)14-32-21(28)24(25,26)34(29,30)31;1-6-17(2,3)16(20)21-18(4,5)19-10-13-7-14(11-19)9-15(8-13)12-19;1-4-9(2)11-5-7-12(8-6-11)13(17)21-10(3)14(15,16)22(18,19)20;1-6-11(2)12-7-9-13(10-8-12)15-14(3,4)5;1-4-9(2)10-5-7-11(8-6-10)12(3,17)13(14,15)16;1-3-8(2)9-4-6-10(11)7-5-9/h4-7,15-17H,3,8-14H2,1-2H3,(H,29,30,31);13-15H,6-12H2,1-5H3;5-10H,4H2,1-3H3,(H,18,19,20);7-11H,6H2,1-5H3;5-9,17H,4H2,1-3H3;4-8,11H,3H2,1-2H3/p-2. The van der Waals surface area contributed by atoms with Gasteiger partial charge in [-0.2, -0.15) is 30.7 Å². The summed E-state index contributed by atoms with van der Waals surface area (Å²) in [6.07, 6.45) is 10.9. The quantitative estimate of drug-likeness (QED) is 0.0225. The average molecular weight is 1730 g/mol. The van der Waals surface area contributed by atoms with Crippen LogP contribution in [-0.2, 0) is 54.4 Å². The van der Waals surface area contributed by atoms with Crippen molar-refractivity contribution in [2.45, 2.75) is 329 Å². The van der Waals surface area contributed by atoms with Gasteiger partial charge < -0.3 is 43.0 Å². The molecule has 9 unspecified atom stereocenters. The maximum absolute atomic E-state index is 13.6. The Morgan fingerprint density at radius 1 is 0.483 bits per heavy atom. The van der Waals surface area contributed by atoms with Crippen LogP contribution in [0.15, 0.2) is 121 Å². The minimum absolute atomic E-state index is 0.00185. The van der Waals surface area contributed by atoms with Gasteiger partial charge in [-0.05, 0) is 319 Å². The van der Waals surface area contributed by atoms with Crippen LogP contribution in [0.4, 0.5) is 30.7 Å². The molecule has 8 fully saturated rings. The maximum atomic E-state index is 13.6. The highest BCUT2D eigenvalue weighted by molar-refractivity contribution is 7.87. The van der Waals surface area contributed by atoms with Gasteiger partial charge in [0, 0.05) is 10.8 Å². The van der Waals surface area contributed by atoms with Gasteiger partial charge in [0.1, 0.15) is 28.3 Å². The zero-order valence-electron chi connectivity index (χ0n) is 73.8. The average Bonchev–Trinajstić information content (AvgIpc) is 0.724. The summed E-state index contributed by atoms with van der Waals surface area (Å²) in [5.41, 5.74) is 1.27. The number of aromatic hydroxyl groups is 1. The summed E-state index contributed by atoms with van der Waals surface area (Å²) in [5.74, 6) is 2.61. The summed E-state index contributed by atoms with van der Waals surface area (Å²) in [4.78, 5) is 49.0. The van der Waals surface area contributed by atoms with Crippen LogP contribution >= 0.6 is 0 Å². The van der Waals surface area contributed by atoms with Crippen LogP contribution in [0.1, 0.15) is 338 Å². The van der Waals surface area contributed by atoms with Crippen LogP contribution in [0.2, 0.25) is 0 Å². The molecular weight excluding hydrogens is 1600 g/mol. The molecule has 8 aliphatic rings. The fourth-order valence-corrected chi connectivity index (χ4v) is 18.4. The Kier molecular flexibility index (Phi) is 34.5. The van der Waals surface area contributed by atoms with Crippen molar-refractivity contribution in [3.8, 4) is 11.5 Å². The molecule has 8 aliphatic carbocycles. The highest BCUT2D eigenvalue weighted by Crippen LogP contribution is 2.65. The lowest BCUT2D eigenvalue weighted by Gasteiger charge is -2.61. The van der Waals surface area contributed by atoms with Crippen molar-refractivity contribution in [1.29, 1.82) is 0 Å². The van der Waals surface area contributed by atoms with E-state index in [1.807, 2.05) is 65.8 Å². The zero-order valence-corrected chi connectivity index (χ0v) is 75.4. The second-order valence-electron chi connectivity index (χ2n) is 37.3. The molecule has 26 heteroatoms. The van der Waals surface area contributed by atoms with Gasteiger partial charge in [0.15, 0.2) is 31.9 Å². The molecule has 0 radical (unpaired) electrons. The van der Waals surface area contributed by atoms with Crippen LogP contribution in [0.5, 0.6) is 11.5 Å². The molecule has 0 aliphatic heterocycles. The van der Waals surface area contributed by atoms with E-state index in [4.69, 9.17) is 24.1 Å². The van der Waals surface area contributed by atoms with E-state index < -0.39 is 84.2 Å². The molecule has 672 valence electrons. The summed E-state index contributed by atoms with van der Waals surface area (Å²) in [6, 6.07) is 35.3.